The zero-order chi connectivity index (χ0) is 17.3. The van der Waals surface area contributed by atoms with Gasteiger partial charge in [0.15, 0.2) is 0 Å². The van der Waals surface area contributed by atoms with Crippen molar-refractivity contribution < 1.29 is 4.39 Å². The van der Waals surface area contributed by atoms with Crippen molar-refractivity contribution in [1.82, 2.24) is 14.1 Å². The highest BCUT2D eigenvalue weighted by Crippen LogP contribution is 2.16. The lowest BCUT2D eigenvalue weighted by atomic mass is 10.2. The van der Waals surface area contributed by atoms with E-state index in [4.69, 9.17) is 0 Å². The van der Waals surface area contributed by atoms with Crippen LogP contribution in [0.4, 0.5) is 4.39 Å². The van der Waals surface area contributed by atoms with Gasteiger partial charge in [-0.1, -0.05) is 12.0 Å². The predicted molar refractivity (Wildman–Crippen MR) is 90.7 cm³/mol. The highest BCUT2D eigenvalue weighted by Gasteiger charge is 2.11. The standard InChI is InChI=1S/C19H16FN3O/c1-13-18(8-7-15-5-4-6-16(20)11-15)21-14(2)23(13)17-9-10-22(3)19(24)12-17/h4-6,9-12H,1-3H3. The van der Waals surface area contributed by atoms with Crippen LogP contribution in [0.25, 0.3) is 5.69 Å². The molecule has 2 heterocycles. The van der Waals surface area contributed by atoms with E-state index in [0.717, 1.165) is 17.2 Å². The maximum atomic E-state index is 13.2. The van der Waals surface area contributed by atoms with Crippen LogP contribution in [-0.2, 0) is 7.05 Å². The number of pyridine rings is 1. The Morgan fingerprint density at radius 1 is 1.12 bits per heavy atom. The Morgan fingerprint density at radius 3 is 2.62 bits per heavy atom. The van der Waals surface area contributed by atoms with Crippen molar-refractivity contribution in [2.75, 3.05) is 0 Å². The summed E-state index contributed by atoms with van der Waals surface area (Å²) >= 11 is 0. The van der Waals surface area contributed by atoms with Crippen LogP contribution in [0.15, 0.2) is 47.4 Å². The Hall–Kier alpha value is -3.13. The summed E-state index contributed by atoms with van der Waals surface area (Å²) < 4.78 is 16.6. The number of benzene rings is 1. The number of nitrogens with zero attached hydrogens (tertiary/aromatic N) is 3. The van der Waals surface area contributed by atoms with E-state index >= 15 is 0 Å². The zero-order valence-corrected chi connectivity index (χ0v) is 13.7. The first kappa shape index (κ1) is 15.8. The van der Waals surface area contributed by atoms with Gasteiger partial charge in [0.2, 0.25) is 0 Å². The molecule has 0 fully saturated rings. The summed E-state index contributed by atoms with van der Waals surface area (Å²) in [5, 5.41) is 0. The second-order valence-electron chi connectivity index (χ2n) is 5.52. The third kappa shape index (κ3) is 2.99. The molecule has 0 bridgehead atoms. The highest BCUT2D eigenvalue weighted by atomic mass is 19.1. The largest absolute Gasteiger partial charge is 0.318 e. The molecule has 0 aliphatic rings. The van der Waals surface area contributed by atoms with Crippen molar-refractivity contribution in [3.63, 3.8) is 0 Å². The molecular formula is C19H16FN3O. The first-order chi connectivity index (χ1) is 11.5. The van der Waals surface area contributed by atoms with Crippen molar-refractivity contribution in [2.24, 2.45) is 7.05 Å². The van der Waals surface area contributed by atoms with Crippen LogP contribution < -0.4 is 5.56 Å². The SMILES string of the molecule is Cc1nc(C#Cc2cccc(F)c2)c(C)n1-c1ccn(C)c(=O)c1. The minimum Gasteiger partial charge on any atom is -0.318 e. The average molecular weight is 321 g/mol. The second-order valence-corrected chi connectivity index (χ2v) is 5.52. The van der Waals surface area contributed by atoms with Crippen molar-refractivity contribution in [3.05, 3.63) is 81.5 Å². The summed E-state index contributed by atoms with van der Waals surface area (Å²) in [6.45, 7) is 3.75. The van der Waals surface area contributed by atoms with Gasteiger partial charge < -0.3 is 4.57 Å². The molecule has 120 valence electrons. The Bertz CT molecular complexity index is 1030. The van der Waals surface area contributed by atoms with E-state index in [1.165, 1.54) is 16.7 Å². The Kier molecular flexibility index (Phi) is 4.05. The molecule has 2 aromatic heterocycles. The van der Waals surface area contributed by atoms with E-state index in [2.05, 4.69) is 16.8 Å². The molecule has 24 heavy (non-hydrogen) atoms. The lowest BCUT2D eigenvalue weighted by molar-refractivity contribution is 0.627. The van der Waals surface area contributed by atoms with Crippen LogP contribution in [0.1, 0.15) is 22.8 Å². The summed E-state index contributed by atoms with van der Waals surface area (Å²) in [5.74, 6) is 6.33. The smallest absolute Gasteiger partial charge is 0.252 e. The normalized spacial score (nSPS) is 10.3. The summed E-state index contributed by atoms with van der Waals surface area (Å²) in [4.78, 5) is 16.3. The first-order valence-electron chi connectivity index (χ1n) is 7.46. The van der Waals surface area contributed by atoms with Gasteiger partial charge in [-0.05, 0) is 44.0 Å². The molecule has 0 saturated heterocycles. The van der Waals surface area contributed by atoms with Gasteiger partial charge in [-0.15, -0.1) is 0 Å². The highest BCUT2D eigenvalue weighted by molar-refractivity contribution is 5.45. The molecule has 0 spiro atoms. The fourth-order valence-corrected chi connectivity index (χ4v) is 2.51. The summed E-state index contributed by atoms with van der Waals surface area (Å²) in [5.41, 5.74) is 2.70. The van der Waals surface area contributed by atoms with Gasteiger partial charge in [-0.2, -0.15) is 0 Å². The van der Waals surface area contributed by atoms with E-state index < -0.39 is 0 Å². The number of aromatic nitrogens is 3. The van der Waals surface area contributed by atoms with Crippen LogP contribution in [0.3, 0.4) is 0 Å². The third-order valence-electron chi connectivity index (χ3n) is 3.77. The number of imidazole rings is 1. The molecule has 0 radical (unpaired) electrons. The molecule has 0 atom stereocenters. The minimum absolute atomic E-state index is 0.0904. The van der Waals surface area contributed by atoms with Crippen LogP contribution in [0.5, 0.6) is 0 Å². The third-order valence-corrected chi connectivity index (χ3v) is 3.77. The van der Waals surface area contributed by atoms with Gasteiger partial charge in [0.25, 0.3) is 5.56 Å². The van der Waals surface area contributed by atoms with Gasteiger partial charge in [-0.3, -0.25) is 9.36 Å². The van der Waals surface area contributed by atoms with Crippen LogP contribution in [-0.4, -0.2) is 14.1 Å². The van der Waals surface area contributed by atoms with Crippen molar-refractivity contribution >= 4 is 0 Å². The molecule has 0 amide bonds. The van der Waals surface area contributed by atoms with E-state index in [1.807, 2.05) is 24.5 Å². The van der Waals surface area contributed by atoms with E-state index in [9.17, 15) is 9.18 Å². The zero-order valence-electron chi connectivity index (χ0n) is 13.7. The molecule has 3 aromatic rings. The van der Waals surface area contributed by atoms with E-state index in [-0.39, 0.29) is 11.4 Å². The maximum absolute atomic E-state index is 13.2. The summed E-state index contributed by atoms with van der Waals surface area (Å²) in [7, 11) is 1.70. The molecule has 3 rings (SSSR count). The van der Waals surface area contributed by atoms with Crippen molar-refractivity contribution in [2.45, 2.75) is 13.8 Å². The van der Waals surface area contributed by atoms with Gasteiger partial charge in [0.1, 0.15) is 17.3 Å². The fourth-order valence-electron chi connectivity index (χ4n) is 2.51. The molecule has 0 N–H and O–H groups in total. The van der Waals surface area contributed by atoms with Crippen LogP contribution >= 0.6 is 0 Å². The van der Waals surface area contributed by atoms with E-state index in [1.54, 1.807) is 31.4 Å². The number of halogens is 1. The lowest BCUT2D eigenvalue weighted by Crippen LogP contribution is -2.16. The van der Waals surface area contributed by atoms with Gasteiger partial charge in [0.05, 0.1) is 11.4 Å². The maximum Gasteiger partial charge on any atom is 0.252 e. The number of aryl methyl sites for hydroxylation is 2. The summed E-state index contributed by atoms with van der Waals surface area (Å²) in [6.07, 6.45) is 1.72. The molecular weight excluding hydrogens is 305 g/mol. The quantitative estimate of drug-likeness (QED) is 0.647. The van der Waals surface area contributed by atoms with Crippen LogP contribution in [0.2, 0.25) is 0 Å². The molecule has 0 unspecified atom stereocenters. The molecule has 0 aliphatic carbocycles. The number of hydrogen-bond donors (Lipinski definition) is 0. The molecule has 5 heteroatoms. The van der Waals surface area contributed by atoms with E-state index in [0.29, 0.717) is 11.3 Å². The summed E-state index contributed by atoms with van der Waals surface area (Å²) in [6, 6.07) is 9.54. The van der Waals surface area contributed by atoms with Gasteiger partial charge in [-0.25, -0.2) is 9.37 Å². The van der Waals surface area contributed by atoms with Crippen LogP contribution in [0, 0.1) is 31.5 Å². The average Bonchev–Trinajstić information content (AvgIpc) is 2.82. The molecule has 0 aliphatic heterocycles. The number of rotatable bonds is 1. The molecule has 4 nitrogen and oxygen atoms in total. The molecule has 0 saturated carbocycles. The Balaban J connectivity index is 2.04. The fraction of sp³-hybridized carbons (Fsp3) is 0.158. The first-order valence-corrected chi connectivity index (χ1v) is 7.46. The number of hydrogen-bond acceptors (Lipinski definition) is 2. The minimum atomic E-state index is -0.319. The lowest BCUT2D eigenvalue weighted by Gasteiger charge is -2.08. The Morgan fingerprint density at radius 2 is 1.92 bits per heavy atom. The Labute approximate surface area is 139 Å². The monoisotopic (exact) mass is 321 g/mol. The van der Waals surface area contributed by atoms with Crippen molar-refractivity contribution in [3.8, 4) is 17.5 Å². The topological polar surface area (TPSA) is 39.8 Å². The second kappa shape index (κ2) is 6.17. The van der Waals surface area contributed by atoms with Gasteiger partial charge in [0, 0.05) is 24.9 Å². The molecule has 1 aromatic carbocycles. The van der Waals surface area contributed by atoms with Crippen molar-refractivity contribution in [1.29, 1.82) is 0 Å². The predicted octanol–water partition coefficient (Wildman–Crippen LogP) is 2.73. The van der Waals surface area contributed by atoms with Gasteiger partial charge >= 0.3 is 0 Å².